The second kappa shape index (κ2) is 9.99. The lowest BCUT2D eigenvalue weighted by Crippen LogP contribution is -2.35. The van der Waals surface area contributed by atoms with Gasteiger partial charge in [0.05, 0.1) is 17.5 Å². The van der Waals surface area contributed by atoms with Crippen LogP contribution >= 0.6 is 0 Å². The summed E-state index contributed by atoms with van der Waals surface area (Å²) in [6, 6.07) is 11.4. The molecule has 1 unspecified atom stereocenters. The average Bonchev–Trinajstić information content (AvgIpc) is 3.13. The number of aromatic nitrogens is 2. The Balaban J connectivity index is 1.79. The van der Waals surface area contributed by atoms with Crippen LogP contribution in [0.15, 0.2) is 36.4 Å². The number of nitrogens with zero attached hydrogens (tertiary/aromatic N) is 2. The zero-order valence-corrected chi connectivity index (χ0v) is 23.1. The van der Waals surface area contributed by atoms with E-state index in [1.54, 1.807) is 13.0 Å². The summed E-state index contributed by atoms with van der Waals surface area (Å²) in [4.78, 5) is 16.2. The van der Waals surface area contributed by atoms with E-state index in [-0.39, 0.29) is 34.9 Å². The Morgan fingerprint density at radius 1 is 1.11 bits per heavy atom. The van der Waals surface area contributed by atoms with E-state index in [0.717, 1.165) is 36.2 Å². The predicted molar refractivity (Wildman–Crippen MR) is 146 cm³/mol. The van der Waals surface area contributed by atoms with Crippen LogP contribution in [0.1, 0.15) is 79.3 Å². The number of rotatable bonds is 8. The molecule has 0 radical (unpaired) electrons. The summed E-state index contributed by atoms with van der Waals surface area (Å²) in [7, 11) is 0. The maximum atomic E-state index is 15.8. The van der Waals surface area contributed by atoms with Crippen LogP contribution in [-0.2, 0) is 11.2 Å². The van der Waals surface area contributed by atoms with Gasteiger partial charge in [-0.15, -0.1) is 0 Å². The molecule has 0 saturated heterocycles. The third-order valence-electron chi connectivity index (χ3n) is 7.21. The maximum absolute atomic E-state index is 15.8. The number of benzene rings is 2. The Morgan fingerprint density at radius 2 is 1.73 bits per heavy atom. The molecule has 3 aromatic rings. The Labute approximate surface area is 219 Å². The molecule has 1 fully saturated rings. The van der Waals surface area contributed by atoms with Gasteiger partial charge in [0.15, 0.2) is 5.82 Å². The minimum Gasteiger partial charge on any atom is -0.491 e. The van der Waals surface area contributed by atoms with Crippen molar-refractivity contribution in [2.75, 3.05) is 5.32 Å². The molecule has 0 bridgehead atoms. The van der Waals surface area contributed by atoms with Crippen molar-refractivity contribution in [2.45, 2.75) is 86.3 Å². The minimum atomic E-state index is -0.941. The highest BCUT2D eigenvalue weighted by molar-refractivity contribution is 5.82. The predicted octanol–water partition coefficient (Wildman–Crippen LogP) is 7.75. The summed E-state index contributed by atoms with van der Waals surface area (Å²) in [5.74, 6) is -0.689. The van der Waals surface area contributed by atoms with E-state index in [4.69, 9.17) is 9.72 Å². The molecule has 0 aliphatic heterocycles. The summed E-state index contributed by atoms with van der Waals surface area (Å²) < 4.78 is 23.7. The zero-order valence-electron chi connectivity index (χ0n) is 23.1. The number of hydrogen-bond acceptors (Lipinski definition) is 4. The highest BCUT2D eigenvalue weighted by atomic mass is 19.1. The van der Waals surface area contributed by atoms with Gasteiger partial charge < -0.3 is 19.7 Å². The number of anilines is 2. The third-order valence-corrected chi connectivity index (χ3v) is 7.21. The van der Waals surface area contributed by atoms with Crippen molar-refractivity contribution in [3.05, 3.63) is 47.8 Å². The zero-order chi connectivity index (χ0) is 27.1. The van der Waals surface area contributed by atoms with Crippen LogP contribution in [0.2, 0.25) is 0 Å². The molecular formula is C30H40FN3O3. The summed E-state index contributed by atoms with van der Waals surface area (Å²) in [5, 5.41) is 12.8. The number of halogens is 1. The second-order valence-electron chi connectivity index (χ2n) is 12.5. The fraction of sp³-hybridized carbons (Fsp3) is 0.533. The van der Waals surface area contributed by atoms with Crippen molar-refractivity contribution in [3.63, 3.8) is 0 Å². The molecule has 0 amide bonds. The van der Waals surface area contributed by atoms with Gasteiger partial charge in [-0.05, 0) is 86.3 Å². The van der Waals surface area contributed by atoms with Crippen LogP contribution in [0, 0.1) is 22.6 Å². The van der Waals surface area contributed by atoms with Gasteiger partial charge in [-0.1, -0.05) is 40.7 Å². The normalized spacial score (nSPS) is 18.2. The first-order valence-corrected chi connectivity index (χ1v) is 13.2. The van der Waals surface area contributed by atoms with Crippen molar-refractivity contribution < 1.29 is 19.0 Å². The molecule has 6 nitrogen and oxygen atoms in total. The Bertz CT molecular complexity index is 1260. The summed E-state index contributed by atoms with van der Waals surface area (Å²) in [6.45, 7) is 14.8. The highest BCUT2D eigenvalue weighted by Crippen LogP contribution is 2.51. The van der Waals surface area contributed by atoms with Gasteiger partial charge in [0.25, 0.3) is 0 Å². The van der Waals surface area contributed by atoms with Crippen LogP contribution in [0.4, 0.5) is 16.0 Å². The topological polar surface area (TPSA) is 76.4 Å². The van der Waals surface area contributed by atoms with Gasteiger partial charge in [-0.25, -0.2) is 9.37 Å². The molecule has 4 rings (SSSR count). The number of carboxylic acids is 1. The molecule has 1 atom stereocenters. The fourth-order valence-corrected chi connectivity index (χ4v) is 6.19. The van der Waals surface area contributed by atoms with Gasteiger partial charge in [0.2, 0.25) is 5.95 Å². The van der Waals surface area contributed by atoms with Crippen LogP contribution in [0.3, 0.4) is 0 Å². The number of carboxylic acid groups (broad SMARTS) is 1. The molecule has 1 heterocycles. The first-order valence-electron chi connectivity index (χ1n) is 13.2. The molecule has 0 spiro atoms. The summed E-state index contributed by atoms with van der Waals surface area (Å²) >= 11 is 0. The SMILES string of the molecule is CC(C)Oc1ccc(Nc2nc3c(F)c(CC(C)C(=O)O)ccc3n2C2CC(C)(C)CC(C)(C)C2)cc1. The molecule has 37 heavy (non-hydrogen) atoms. The quantitative estimate of drug-likeness (QED) is 0.325. The van der Waals surface area contributed by atoms with E-state index in [9.17, 15) is 9.90 Å². The summed E-state index contributed by atoms with van der Waals surface area (Å²) in [6.07, 6.45) is 3.23. The number of carbonyl (C=O) groups is 1. The Morgan fingerprint density at radius 3 is 2.30 bits per heavy atom. The lowest BCUT2D eigenvalue weighted by molar-refractivity contribution is -0.141. The van der Waals surface area contributed by atoms with Crippen molar-refractivity contribution in [2.24, 2.45) is 16.7 Å². The first-order chi connectivity index (χ1) is 17.2. The summed E-state index contributed by atoms with van der Waals surface area (Å²) in [5.41, 5.74) is 2.47. The number of aliphatic carboxylic acids is 1. The standard InChI is InChI=1S/C30H40FN3O3/c1-18(2)37-23-11-9-21(10-12-23)32-28-33-26-24(13-8-20(25(26)31)14-19(3)27(35)36)34(28)22-15-29(4,5)17-30(6,7)16-22/h8-13,18-19,22H,14-17H2,1-7H3,(H,32,33)(H,35,36). The van der Waals surface area contributed by atoms with Crippen molar-refractivity contribution in [3.8, 4) is 5.75 Å². The fourth-order valence-electron chi connectivity index (χ4n) is 6.19. The third kappa shape index (κ3) is 6.08. The van der Waals surface area contributed by atoms with E-state index >= 15 is 4.39 Å². The number of nitrogens with one attached hydrogen (secondary N) is 1. The van der Waals surface area contributed by atoms with Gasteiger partial charge in [-0.2, -0.15) is 0 Å². The molecule has 1 aliphatic rings. The molecule has 1 saturated carbocycles. The lowest BCUT2D eigenvalue weighted by Gasteiger charge is -2.45. The highest BCUT2D eigenvalue weighted by Gasteiger charge is 2.40. The van der Waals surface area contributed by atoms with Crippen LogP contribution in [0.25, 0.3) is 11.0 Å². The smallest absolute Gasteiger partial charge is 0.306 e. The molecule has 2 N–H and O–H groups in total. The van der Waals surface area contributed by atoms with Crippen LogP contribution in [-0.4, -0.2) is 26.7 Å². The first kappa shape index (κ1) is 27.0. The minimum absolute atomic E-state index is 0.0852. The maximum Gasteiger partial charge on any atom is 0.306 e. The number of fused-ring (bicyclic) bond motifs is 1. The van der Waals surface area contributed by atoms with Crippen molar-refractivity contribution >= 4 is 28.6 Å². The van der Waals surface area contributed by atoms with E-state index in [1.165, 1.54) is 0 Å². The molecule has 200 valence electrons. The van der Waals surface area contributed by atoms with E-state index in [0.29, 0.717) is 11.5 Å². The van der Waals surface area contributed by atoms with E-state index < -0.39 is 17.7 Å². The lowest BCUT2D eigenvalue weighted by atomic mass is 9.63. The second-order valence-corrected chi connectivity index (χ2v) is 12.5. The van der Waals surface area contributed by atoms with Gasteiger partial charge in [0, 0.05) is 11.7 Å². The monoisotopic (exact) mass is 509 g/mol. The average molecular weight is 510 g/mol. The Kier molecular flexibility index (Phi) is 7.28. The molecule has 1 aliphatic carbocycles. The van der Waals surface area contributed by atoms with Gasteiger partial charge in [-0.3, -0.25) is 4.79 Å². The molecule has 2 aromatic carbocycles. The number of imidazole rings is 1. The Hall–Kier alpha value is -3.09. The van der Waals surface area contributed by atoms with Gasteiger partial charge in [0.1, 0.15) is 11.3 Å². The molecular weight excluding hydrogens is 469 g/mol. The molecule has 7 heteroatoms. The number of hydrogen-bond donors (Lipinski definition) is 2. The van der Waals surface area contributed by atoms with Gasteiger partial charge >= 0.3 is 5.97 Å². The number of ether oxygens (including phenoxy) is 1. The van der Waals surface area contributed by atoms with Crippen LogP contribution < -0.4 is 10.1 Å². The van der Waals surface area contributed by atoms with Crippen molar-refractivity contribution in [1.29, 1.82) is 0 Å². The van der Waals surface area contributed by atoms with Crippen molar-refractivity contribution in [1.82, 2.24) is 9.55 Å². The molecule has 1 aromatic heterocycles. The largest absolute Gasteiger partial charge is 0.491 e. The van der Waals surface area contributed by atoms with Crippen LogP contribution in [0.5, 0.6) is 5.75 Å². The van der Waals surface area contributed by atoms with E-state index in [2.05, 4.69) is 37.6 Å². The van der Waals surface area contributed by atoms with E-state index in [1.807, 2.05) is 44.2 Å².